The SMILES string of the molecule is COc1ccc(CN2CCCC(O)CC2)cc1-c1cccc(C(F)(F)F)c1. The van der Waals surface area contributed by atoms with Gasteiger partial charge in [-0.1, -0.05) is 18.2 Å². The van der Waals surface area contributed by atoms with Crippen molar-refractivity contribution in [3.63, 3.8) is 0 Å². The predicted molar refractivity (Wildman–Crippen MR) is 98.6 cm³/mol. The molecule has 1 aliphatic heterocycles. The molecule has 27 heavy (non-hydrogen) atoms. The van der Waals surface area contributed by atoms with Crippen LogP contribution in [0.2, 0.25) is 0 Å². The fraction of sp³-hybridized carbons (Fsp3) is 0.429. The van der Waals surface area contributed by atoms with E-state index in [0.29, 0.717) is 23.4 Å². The highest BCUT2D eigenvalue weighted by Gasteiger charge is 2.30. The van der Waals surface area contributed by atoms with Crippen LogP contribution in [0.25, 0.3) is 11.1 Å². The van der Waals surface area contributed by atoms with Gasteiger partial charge in [0.25, 0.3) is 0 Å². The van der Waals surface area contributed by atoms with E-state index in [9.17, 15) is 18.3 Å². The third-order valence-electron chi connectivity index (χ3n) is 4.96. The zero-order chi connectivity index (χ0) is 19.4. The Labute approximate surface area is 157 Å². The minimum atomic E-state index is -4.38. The molecule has 1 aliphatic rings. The minimum Gasteiger partial charge on any atom is -0.496 e. The number of hydrogen-bond acceptors (Lipinski definition) is 3. The predicted octanol–water partition coefficient (Wildman–Crippen LogP) is 4.73. The Morgan fingerprint density at radius 2 is 1.93 bits per heavy atom. The molecule has 1 saturated heterocycles. The van der Waals surface area contributed by atoms with Crippen LogP contribution in [0.4, 0.5) is 13.2 Å². The molecule has 3 nitrogen and oxygen atoms in total. The topological polar surface area (TPSA) is 32.7 Å². The summed E-state index contributed by atoms with van der Waals surface area (Å²) < 4.78 is 44.6. The number of likely N-dealkylation sites (tertiary alicyclic amines) is 1. The van der Waals surface area contributed by atoms with Gasteiger partial charge in [-0.05, 0) is 61.2 Å². The Kier molecular flexibility index (Phi) is 6.07. The fourth-order valence-electron chi connectivity index (χ4n) is 3.50. The molecule has 1 heterocycles. The van der Waals surface area contributed by atoms with Crippen molar-refractivity contribution < 1.29 is 23.0 Å². The summed E-state index contributed by atoms with van der Waals surface area (Å²) in [5.74, 6) is 0.546. The number of ether oxygens (including phenoxy) is 1. The number of methoxy groups -OCH3 is 1. The van der Waals surface area contributed by atoms with Crippen LogP contribution in [-0.2, 0) is 12.7 Å². The molecule has 0 radical (unpaired) electrons. The molecule has 146 valence electrons. The van der Waals surface area contributed by atoms with E-state index in [1.165, 1.54) is 13.2 Å². The lowest BCUT2D eigenvalue weighted by atomic mass is 9.99. The van der Waals surface area contributed by atoms with Crippen LogP contribution in [0, 0.1) is 0 Å². The number of rotatable bonds is 4. The van der Waals surface area contributed by atoms with Gasteiger partial charge in [-0.25, -0.2) is 0 Å². The van der Waals surface area contributed by atoms with Gasteiger partial charge in [0, 0.05) is 18.7 Å². The molecule has 1 atom stereocenters. The summed E-state index contributed by atoms with van der Waals surface area (Å²) in [6.45, 7) is 2.41. The largest absolute Gasteiger partial charge is 0.496 e. The van der Waals surface area contributed by atoms with Gasteiger partial charge in [-0.15, -0.1) is 0 Å². The normalized spacial score (nSPS) is 18.9. The average molecular weight is 379 g/mol. The summed E-state index contributed by atoms with van der Waals surface area (Å²) in [6.07, 6.45) is -2.12. The smallest absolute Gasteiger partial charge is 0.416 e. The number of alkyl halides is 3. The summed E-state index contributed by atoms with van der Waals surface area (Å²) in [7, 11) is 1.52. The molecule has 0 aliphatic carbocycles. The summed E-state index contributed by atoms with van der Waals surface area (Å²) >= 11 is 0. The van der Waals surface area contributed by atoms with Gasteiger partial charge < -0.3 is 9.84 Å². The molecule has 2 aromatic rings. The summed E-state index contributed by atoms with van der Waals surface area (Å²) in [5, 5.41) is 9.79. The van der Waals surface area contributed by atoms with Gasteiger partial charge >= 0.3 is 6.18 Å². The molecule has 1 N–H and O–H groups in total. The average Bonchev–Trinajstić information content (AvgIpc) is 2.85. The van der Waals surface area contributed by atoms with Crippen molar-refractivity contribution >= 4 is 0 Å². The van der Waals surface area contributed by atoms with Crippen molar-refractivity contribution in [1.29, 1.82) is 0 Å². The van der Waals surface area contributed by atoms with Crippen LogP contribution in [0.1, 0.15) is 30.4 Å². The van der Waals surface area contributed by atoms with Crippen LogP contribution in [0.5, 0.6) is 5.75 Å². The van der Waals surface area contributed by atoms with Crippen LogP contribution in [0.15, 0.2) is 42.5 Å². The molecular weight excluding hydrogens is 355 g/mol. The Balaban J connectivity index is 1.88. The molecule has 1 unspecified atom stereocenters. The van der Waals surface area contributed by atoms with E-state index in [0.717, 1.165) is 50.0 Å². The minimum absolute atomic E-state index is 0.244. The van der Waals surface area contributed by atoms with Crippen LogP contribution in [-0.4, -0.2) is 36.3 Å². The van der Waals surface area contributed by atoms with Gasteiger partial charge in [0.2, 0.25) is 0 Å². The van der Waals surface area contributed by atoms with E-state index in [4.69, 9.17) is 4.74 Å². The van der Waals surface area contributed by atoms with Crippen molar-refractivity contribution in [3.05, 3.63) is 53.6 Å². The molecule has 1 fully saturated rings. The third kappa shape index (κ3) is 5.02. The van der Waals surface area contributed by atoms with E-state index < -0.39 is 11.7 Å². The van der Waals surface area contributed by atoms with Crippen molar-refractivity contribution in [2.24, 2.45) is 0 Å². The lowest BCUT2D eigenvalue weighted by Crippen LogP contribution is -2.24. The van der Waals surface area contributed by atoms with Crippen molar-refractivity contribution in [2.75, 3.05) is 20.2 Å². The maximum atomic E-state index is 13.1. The standard InChI is InChI=1S/C21H24F3NO2/c1-27-20-8-7-15(14-25-10-3-6-18(26)9-11-25)12-19(20)16-4-2-5-17(13-16)21(22,23)24/h2,4-5,7-8,12-13,18,26H,3,6,9-11,14H2,1H3. The summed E-state index contributed by atoms with van der Waals surface area (Å²) in [5.41, 5.74) is 1.47. The maximum absolute atomic E-state index is 13.1. The van der Waals surface area contributed by atoms with Gasteiger partial charge in [0.05, 0.1) is 18.8 Å². The van der Waals surface area contributed by atoms with E-state index in [2.05, 4.69) is 4.90 Å². The number of aliphatic hydroxyl groups is 1. The van der Waals surface area contributed by atoms with Gasteiger partial charge in [-0.2, -0.15) is 13.2 Å². The zero-order valence-electron chi connectivity index (χ0n) is 15.3. The first-order valence-corrected chi connectivity index (χ1v) is 9.12. The van der Waals surface area contributed by atoms with E-state index in [1.807, 2.05) is 12.1 Å². The number of benzene rings is 2. The van der Waals surface area contributed by atoms with E-state index >= 15 is 0 Å². The molecule has 6 heteroatoms. The number of nitrogens with zero attached hydrogens (tertiary/aromatic N) is 1. The molecule has 3 rings (SSSR count). The molecular formula is C21H24F3NO2. The number of aliphatic hydroxyl groups excluding tert-OH is 1. The van der Waals surface area contributed by atoms with Gasteiger partial charge in [-0.3, -0.25) is 4.90 Å². The second-order valence-corrected chi connectivity index (χ2v) is 6.97. The first-order valence-electron chi connectivity index (χ1n) is 9.12. The molecule has 0 saturated carbocycles. The Morgan fingerprint density at radius 3 is 2.67 bits per heavy atom. The highest BCUT2D eigenvalue weighted by atomic mass is 19.4. The second-order valence-electron chi connectivity index (χ2n) is 6.97. The zero-order valence-corrected chi connectivity index (χ0v) is 15.3. The van der Waals surface area contributed by atoms with Crippen LogP contribution < -0.4 is 4.74 Å². The molecule has 0 amide bonds. The first-order chi connectivity index (χ1) is 12.9. The molecule has 2 aromatic carbocycles. The quantitative estimate of drug-likeness (QED) is 0.834. The lowest BCUT2D eigenvalue weighted by molar-refractivity contribution is -0.137. The Morgan fingerprint density at radius 1 is 1.11 bits per heavy atom. The fourth-order valence-corrected chi connectivity index (χ4v) is 3.50. The summed E-state index contributed by atoms with van der Waals surface area (Å²) in [6, 6.07) is 11.0. The maximum Gasteiger partial charge on any atom is 0.416 e. The van der Waals surface area contributed by atoms with E-state index in [-0.39, 0.29) is 6.10 Å². The molecule has 0 spiro atoms. The van der Waals surface area contributed by atoms with Gasteiger partial charge in [0.1, 0.15) is 5.75 Å². The molecule has 0 aromatic heterocycles. The Hall–Kier alpha value is -2.05. The second kappa shape index (κ2) is 8.31. The first kappa shape index (κ1) is 19.7. The summed E-state index contributed by atoms with van der Waals surface area (Å²) in [4.78, 5) is 2.27. The molecule has 0 bridgehead atoms. The third-order valence-corrected chi connectivity index (χ3v) is 4.96. The van der Waals surface area contributed by atoms with Crippen LogP contribution >= 0.6 is 0 Å². The monoisotopic (exact) mass is 379 g/mol. The number of halogens is 3. The van der Waals surface area contributed by atoms with Gasteiger partial charge in [0.15, 0.2) is 0 Å². The highest BCUT2D eigenvalue weighted by molar-refractivity contribution is 5.72. The van der Waals surface area contributed by atoms with Crippen molar-refractivity contribution in [3.8, 4) is 16.9 Å². The van der Waals surface area contributed by atoms with Crippen LogP contribution in [0.3, 0.4) is 0 Å². The Bertz CT molecular complexity index is 776. The lowest BCUT2D eigenvalue weighted by Gasteiger charge is -2.21. The highest BCUT2D eigenvalue weighted by Crippen LogP contribution is 2.36. The van der Waals surface area contributed by atoms with Crippen molar-refractivity contribution in [1.82, 2.24) is 4.90 Å². The van der Waals surface area contributed by atoms with Crippen molar-refractivity contribution in [2.45, 2.75) is 38.1 Å². The number of hydrogen-bond donors (Lipinski definition) is 1. The van der Waals surface area contributed by atoms with E-state index in [1.54, 1.807) is 12.1 Å².